The predicted octanol–water partition coefficient (Wildman–Crippen LogP) is 4.47. The molecule has 1 aliphatic rings. The molecule has 0 N–H and O–H groups in total. The fourth-order valence-electron chi connectivity index (χ4n) is 1.88. The summed E-state index contributed by atoms with van der Waals surface area (Å²) >= 11 is 3.40. The Morgan fingerprint density at radius 1 is 1.40 bits per heavy atom. The summed E-state index contributed by atoms with van der Waals surface area (Å²) in [5, 5.41) is 0. The third kappa shape index (κ3) is 2.85. The van der Waals surface area contributed by atoms with Crippen molar-refractivity contribution in [1.82, 2.24) is 4.90 Å². The van der Waals surface area contributed by atoms with Crippen LogP contribution in [0.2, 0.25) is 0 Å². The second kappa shape index (κ2) is 6.09. The summed E-state index contributed by atoms with van der Waals surface area (Å²) in [5.41, 5.74) is 2.05. The van der Waals surface area contributed by atoms with E-state index < -0.39 is 0 Å². The first-order valence-electron chi connectivity index (χ1n) is 6.08. The van der Waals surface area contributed by atoms with Crippen LogP contribution in [0.25, 0.3) is 5.70 Å². The van der Waals surface area contributed by atoms with Gasteiger partial charge in [-0.25, -0.2) is 4.39 Å². The number of hydrogen-bond acceptors (Lipinski definition) is 2. The SMILES string of the molecule is C=CCOc1ccc(C2=CC=C(Br)C(=C)N2C)c(F)c1. The molecule has 0 saturated heterocycles. The molecule has 1 aromatic carbocycles. The van der Waals surface area contributed by atoms with E-state index in [1.165, 1.54) is 6.07 Å². The number of nitrogens with zero attached hydrogens (tertiary/aromatic N) is 1. The lowest BCUT2D eigenvalue weighted by atomic mass is 10.1. The molecular weight excluding hydrogens is 321 g/mol. The van der Waals surface area contributed by atoms with E-state index in [-0.39, 0.29) is 5.82 Å². The van der Waals surface area contributed by atoms with Gasteiger partial charge < -0.3 is 9.64 Å². The van der Waals surface area contributed by atoms with Gasteiger partial charge in [-0.05, 0) is 40.2 Å². The van der Waals surface area contributed by atoms with Gasteiger partial charge in [0.25, 0.3) is 0 Å². The van der Waals surface area contributed by atoms with E-state index in [1.54, 1.807) is 18.2 Å². The van der Waals surface area contributed by atoms with Gasteiger partial charge in [0.2, 0.25) is 0 Å². The molecule has 0 saturated carbocycles. The van der Waals surface area contributed by atoms with Gasteiger partial charge in [0.1, 0.15) is 18.2 Å². The van der Waals surface area contributed by atoms with Crippen LogP contribution < -0.4 is 4.74 Å². The minimum atomic E-state index is -0.330. The Kier molecular flexibility index (Phi) is 4.45. The molecule has 2 nitrogen and oxygen atoms in total. The van der Waals surface area contributed by atoms with E-state index >= 15 is 0 Å². The largest absolute Gasteiger partial charge is 0.489 e. The van der Waals surface area contributed by atoms with Crippen LogP contribution in [-0.4, -0.2) is 18.6 Å². The zero-order valence-corrected chi connectivity index (χ0v) is 12.8. The van der Waals surface area contributed by atoms with Crippen molar-refractivity contribution in [3.63, 3.8) is 0 Å². The molecule has 0 unspecified atom stereocenters. The van der Waals surface area contributed by atoms with Crippen molar-refractivity contribution in [2.45, 2.75) is 0 Å². The maximum absolute atomic E-state index is 14.2. The monoisotopic (exact) mass is 335 g/mol. The Hall–Kier alpha value is -1.81. The first kappa shape index (κ1) is 14.6. The lowest BCUT2D eigenvalue weighted by Gasteiger charge is -2.28. The van der Waals surface area contributed by atoms with E-state index in [0.29, 0.717) is 17.9 Å². The van der Waals surface area contributed by atoms with Crippen molar-refractivity contribution in [3.8, 4) is 5.75 Å². The molecule has 0 aromatic heterocycles. The second-order valence-corrected chi connectivity index (χ2v) is 5.17. The Morgan fingerprint density at radius 2 is 2.15 bits per heavy atom. The highest BCUT2D eigenvalue weighted by Crippen LogP contribution is 2.33. The van der Waals surface area contributed by atoms with Crippen LogP contribution in [0.5, 0.6) is 5.75 Å². The first-order valence-corrected chi connectivity index (χ1v) is 6.88. The molecule has 0 amide bonds. The van der Waals surface area contributed by atoms with Crippen molar-refractivity contribution < 1.29 is 9.13 Å². The molecule has 4 heteroatoms. The van der Waals surface area contributed by atoms with Crippen molar-refractivity contribution in [3.05, 3.63) is 71.1 Å². The number of likely N-dealkylation sites (N-methyl/N-ethyl adjacent to an activating group) is 1. The van der Waals surface area contributed by atoms with Crippen LogP contribution >= 0.6 is 15.9 Å². The van der Waals surface area contributed by atoms with Gasteiger partial charge in [-0.2, -0.15) is 0 Å². The third-order valence-electron chi connectivity index (χ3n) is 3.01. The highest BCUT2D eigenvalue weighted by molar-refractivity contribution is 9.12. The van der Waals surface area contributed by atoms with Crippen LogP contribution in [0, 0.1) is 5.82 Å². The molecule has 104 valence electrons. The zero-order chi connectivity index (χ0) is 14.7. The molecule has 0 atom stereocenters. The minimum Gasteiger partial charge on any atom is -0.489 e. The number of allylic oxidation sites excluding steroid dienone is 3. The highest BCUT2D eigenvalue weighted by Gasteiger charge is 2.18. The standard InChI is InChI=1S/C16H15BrFNO/c1-4-9-20-12-5-6-13(15(18)10-12)16-8-7-14(17)11(2)19(16)3/h4-8,10H,1-2,9H2,3H3. The van der Waals surface area contributed by atoms with Crippen molar-refractivity contribution in [1.29, 1.82) is 0 Å². The quantitative estimate of drug-likeness (QED) is 0.752. The smallest absolute Gasteiger partial charge is 0.136 e. The maximum atomic E-state index is 14.2. The van der Waals surface area contributed by atoms with Gasteiger partial charge in [-0.3, -0.25) is 0 Å². The van der Waals surface area contributed by atoms with E-state index in [2.05, 4.69) is 29.1 Å². The van der Waals surface area contributed by atoms with Crippen LogP contribution in [0.1, 0.15) is 5.56 Å². The summed E-state index contributed by atoms with van der Waals surface area (Å²) in [4.78, 5) is 1.84. The van der Waals surface area contributed by atoms with E-state index in [4.69, 9.17) is 4.74 Å². The summed E-state index contributed by atoms with van der Waals surface area (Å²) in [6, 6.07) is 4.83. The fraction of sp³-hybridized carbons (Fsp3) is 0.125. The predicted molar refractivity (Wildman–Crippen MR) is 84.0 cm³/mol. The Balaban J connectivity index is 2.34. The van der Waals surface area contributed by atoms with Crippen LogP contribution in [0.15, 0.2) is 59.8 Å². The van der Waals surface area contributed by atoms with Gasteiger partial charge in [0.05, 0.1) is 5.70 Å². The van der Waals surface area contributed by atoms with Gasteiger partial charge >= 0.3 is 0 Å². The molecule has 2 rings (SSSR count). The Bertz CT molecular complexity index is 619. The minimum absolute atomic E-state index is 0.330. The fourth-order valence-corrected chi connectivity index (χ4v) is 2.28. The van der Waals surface area contributed by atoms with Crippen LogP contribution in [-0.2, 0) is 0 Å². The molecule has 0 radical (unpaired) electrons. The van der Waals surface area contributed by atoms with Crippen molar-refractivity contribution >= 4 is 21.6 Å². The second-order valence-electron chi connectivity index (χ2n) is 4.31. The maximum Gasteiger partial charge on any atom is 0.136 e. The third-order valence-corrected chi connectivity index (χ3v) is 3.74. The van der Waals surface area contributed by atoms with E-state index in [1.807, 2.05) is 24.1 Å². The first-order chi connectivity index (χ1) is 9.54. The normalized spacial score (nSPS) is 14.8. The summed E-state index contributed by atoms with van der Waals surface area (Å²) in [5.74, 6) is 0.157. The average molecular weight is 336 g/mol. The summed E-state index contributed by atoms with van der Waals surface area (Å²) in [6.45, 7) is 7.87. The molecule has 1 aromatic rings. The van der Waals surface area contributed by atoms with E-state index in [0.717, 1.165) is 15.9 Å². The van der Waals surface area contributed by atoms with Crippen molar-refractivity contribution in [2.24, 2.45) is 0 Å². The number of halogens is 2. The van der Waals surface area contributed by atoms with Crippen molar-refractivity contribution in [2.75, 3.05) is 13.7 Å². The number of benzene rings is 1. The molecule has 1 aliphatic heterocycles. The number of ether oxygens (including phenoxy) is 1. The highest BCUT2D eigenvalue weighted by atomic mass is 79.9. The van der Waals surface area contributed by atoms with Gasteiger partial charge in [0.15, 0.2) is 0 Å². The lowest BCUT2D eigenvalue weighted by Crippen LogP contribution is -2.18. The molecule has 0 fully saturated rings. The summed E-state index contributed by atoms with van der Waals surface area (Å²) in [7, 11) is 1.85. The number of hydrogen-bond donors (Lipinski definition) is 0. The van der Waals surface area contributed by atoms with Crippen LogP contribution in [0.4, 0.5) is 4.39 Å². The zero-order valence-electron chi connectivity index (χ0n) is 11.2. The average Bonchev–Trinajstić information content (AvgIpc) is 2.44. The summed E-state index contributed by atoms with van der Waals surface area (Å²) < 4.78 is 20.4. The van der Waals surface area contributed by atoms with Crippen LogP contribution in [0.3, 0.4) is 0 Å². The molecule has 0 spiro atoms. The lowest BCUT2D eigenvalue weighted by molar-refractivity contribution is 0.360. The summed E-state index contributed by atoms with van der Waals surface area (Å²) in [6.07, 6.45) is 5.33. The molecule has 1 heterocycles. The van der Waals surface area contributed by atoms with E-state index in [9.17, 15) is 4.39 Å². The Morgan fingerprint density at radius 3 is 2.80 bits per heavy atom. The molecular formula is C16H15BrFNO. The van der Waals surface area contributed by atoms with Gasteiger partial charge in [-0.1, -0.05) is 19.2 Å². The Labute approximate surface area is 126 Å². The van der Waals surface area contributed by atoms with Gasteiger partial charge in [-0.15, -0.1) is 0 Å². The molecule has 0 aliphatic carbocycles. The number of rotatable bonds is 4. The molecule has 0 bridgehead atoms. The molecule has 20 heavy (non-hydrogen) atoms. The van der Waals surface area contributed by atoms with Gasteiger partial charge in [0, 0.05) is 28.9 Å². The topological polar surface area (TPSA) is 12.5 Å².